The lowest BCUT2D eigenvalue weighted by molar-refractivity contribution is 0.0373. The van der Waals surface area contributed by atoms with E-state index in [1.54, 1.807) is 0 Å². The zero-order valence-electron chi connectivity index (χ0n) is 8.95. The Balaban J connectivity index is 2.37. The van der Waals surface area contributed by atoms with Crippen molar-refractivity contribution in [3.05, 3.63) is 34.3 Å². The molecule has 1 unspecified atom stereocenters. The number of aliphatic hydroxyl groups is 1. The molecule has 1 N–H and O–H groups in total. The molecule has 3 heteroatoms. The minimum Gasteiger partial charge on any atom is -0.390 e. The van der Waals surface area contributed by atoms with E-state index in [-0.39, 0.29) is 0 Å². The first-order valence-corrected chi connectivity index (χ1v) is 6.02. The van der Waals surface area contributed by atoms with E-state index >= 15 is 0 Å². The van der Waals surface area contributed by atoms with Crippen LogP contribution in [0.5, 0.6) is 0 Å². The zero-order chi connectivity index (χ0) is 11.1. The second-order valence-corrected chi connectivity index (χ2v) is 4.38. The number of aliphatic hydroxyl groups excluding tert-OH is 1. The Morgan fingerprint density at radius 3 is 2.80 bits per heavy atom. The molecule has 0 aliphatic heterocycles. The molecule has 1 atom stereocenters. The van der Waals surface area contributed by atoms with Crippen molar-refractivity contribution >= 4 is 15.9 Å². The first-order valence-electron chi connectivity index (χ1n) is 5.23. The molecule has 15 heavy (non-hydrogen) atoms. The predicted octanol–water partition coefficient (Wildman–Crippen LogP) is 2.78. The topological polar surface area (TPSA) is 29.5 Å². The van der Waals surface area contributed by atoms with Crippen LogP contribution in [0.15, 0.2) is 28.7 Å². The Morgan fingerprint density at radius 2 is 2.13 bits per heavy atom. The summed E-state index contributed by atoms with van der Waals surface area (Å²) in [6.45, 7) is 3.18. The van der Waals surface area contributed by atoms with Crippen molar-refractivity contribution in [2.45, 2.75) is 25.9 Å². The molecule has 0 aromatic heterocycles. The molecule has 1 rings (SSSR count). The van der Waals surface area contributed by atoms with Crippen LogP contribution in [-0.4, -0.2) is 24.4 Å². The molecule has 1 aromatic rings. The molecule has 0 bridgehead atoms. The normalized spacial score (nSPS) is 12.7. The highest BCUT2D eigenvalue weighted by Crippen LogP contribution is 2.17. The average Bonchev–Trinajstić information content (AvgIpc) is 2.22. The molecule has 0 aliphatic rings. The minimum atomic E-state index is -0.421. The van der Waals surface area contributed by atoms with E-state index in [9.17, 15) is 5.11 Å². The predicted molar refractivity (Wildman–Crippen MR) is 65.0 cm³/mol. The van der Waals surface area contributed by atoms with Crippen LogP contribution in [0.2, 0.25) is 0 Å². The van der Waals surface area contributed by atoms with E-state index in [4.69, 9.17) is 4.74 Å². The van der Waals surface area contributed by atoms with Gasteiger partial charge in [0.05, 0.1) is 12.7 Å². The minimum absolute atomic E-state index is 0.412. The summed E-state index contributed by atoms with van der Waals surface area (Å²) in [6.07, 6.45) is 1.20. The van der Waals surface area contributed by atoms with Gasteiger partial charge in [0.2, 0.25) is 0 Å². The summed E-state index contributed by atoms with van der Waals surface area (Å²) >= 11 is 3.45. The molecule has 0 fully saturated rings. The quantitative estimate of drug-likeness (QED) is 0.807. The molecular formula is C12H17BrO2. The summed E-state index contributed by atoms with van der Waals surface area (Å²) in [4.78, 5) is 0. The SMILES string of the molecule is CCCOCC(O)Cc1ccccc1Br. The Kier molecular flexibility index (Phi) is 5.91. The van der Waals surface area contributed by atoms with Crippen molar-refractivity contribution in [3.8, 4) is 0 Å². The van der Waals surface area contributed by atoms with Crippen LogP contribution >= 0.6 is 15.9 Å². The van der Waals surface area contributed by atoms with Crippen LogP contribution < -0.4 is 0 Å². The van der Waals surface area contributed by atoms with Gasteiger partial charge in [0.1, 0.15) is 0 Å². The number of benzene rings is 1. The maximum atomic E-state index is 9.71. The number of rotatable bonds is 6. The Morgan fingerprint density at radius 1 is 1.40 bits per heavy atom. The Hall–Kier alpha value is -0.380. The highest BCUT2D eigenvalue weighted by Gasteiger charge is 2.07. The van der Waals surface area contributed by atoms with Gasteiger partial charge < -0.3 is 9.84 Å². The van der Waals surface area contributed by atoms with Gasteiger partial charge in [-0.25, -0.2) is 0 Å². The summed E-state index contributed by atoms with van der Waals surface area (Å²) < 4.78 is 6.33. The fourth-order valence-electron chi connectivity index (χ4n) is 1.34. The molecule has 0 heterocycles. The van der Waals surface area contributed by atoms with E-state index in [0.717, 1.165) is 16.5 Å². The Labute approximate surface area is 99.4 Å². The van der Waals surface area contributed by atoms with Crippen molar-refractivity contribution in [2.75, 3.05) is 13.2 Å². The van der Waals surface area contributed by atoms with Crippen molar-refractivity contribution in [1.29, 1.82) is 0 Å². The number of ether oxygens (including phenoxy) is 1. The average molecular weight is 273 g/mol. The molecule has 0 saturated carbocycles. The van der Waals surface area contributed by atoms with Crippen LogP contribution in [0.1, 0.15) is 18.9 Å². The van der Waals surface area contributed by atoms with Crippen molar-refractivity contribution < 1.29 is 9.84 Å². The van der Waals surface area contributed by atoms with Gasteiger partial charge in [0, 0.05) is 17.5 Å². The third-order valence-electron chi connectivity index (χ3n) is 2.07. The largest absolute Gasteiger partial charge is 0.390 e. The van der Waals surface area contributed by atoms with Gasteiger partial charge in [-0.3, -0.25) is 0 Å². The van der Waals surface area contributed by atoms with Crippen molar-refractivity contribution in [3.63, 3.8) is 0 Å². The number of hydrogen-bond acceptors (Lipinski definition) is 2. The fourth-order valence-corrected chi connectivity index (χ4v) is 1.79. The van der Waals surface area contributed by atoms with Gasteiger partial charge in [-0.1, -0.05) is 41.1 Å². The second-order valence-electron chi connectivity index (χ2n) is 3.52. The first-order chi connectivity index (χ1) is 7.24. The van der Waals surface area contributed by atoms with Crippen LogP contribution in [0.4, 0.5) is 0 Å². The van der Waals surface area contributed by atoms with E-state index in [1.807, 2.05) is 24.3 Å². The van der Waals surface area contributed by atoms with Gasteiger partial charge in [0.25, 0.3) is 0 Å². The lowest BCUT2D eigenvalue weighted by Gasteiger charge is -2.11. The van der Waals surface area contributed by atoms with Gasteiger partial charge in [0.15, 0.2) is 0 Å². The second kappa shape index (κ2) is 6.99. The summed E-state index contributed by atoms with van der Waals surface area (Å²) in [5.74, 6) is 0. The monoisotopic (exact) mass is 272 g/mol. The fraction of sp³-hybridized carbons (Fsp3) is 0.500. The van der Waals surface area contributed by atoms with E-state index < -0.39 is 6.10 Å². The van der Waals surface area contributed by atoms with Crippen LogP contribution in [-0.2, 0) is 11.2 Å². The van der Waals surface area contributed by atoms with Crippen LogP contribution in [0.25, 0.3) is 0 Å². The third-order valence-corrected chi connectivity index (χ3v) is 2.85. The lowest BCUT2D eigenvalue weighted by Crippen LogP contribution is -2.18. The maximum Gasteiger partial charge on any atom is 0.0814 e. The number of halogens is 1. The van der Waals surface area contributed by atoms with Gasteiger partial charge >= 0.3 is 0 Å². The maximum absolute atomic E-state index is 9.71. The smallest absolute Gasteiger partial charge is 0.0814 e. The highest BCUT2D eigenvalue weighted by molar-refractivity contribution is 9.10. The first kappa shape index (κ1) is 12.7. The standard InChI is InChI=1S/C12H17BrO2/c1-2-7-15-9-11(14)8-10-5-3-4-6-12(10)13/h3-6,11,14H,2,7-9H2,1H3. The summed E-state index contributed by atoms with van der Waals surface area (Å²) in [7, 11) is 0. The number of hydrogen-bond donors (Lipinski definition) is 1. The van der Waals surface area contributed by atoms with Gasteiger partial charge in [-0.05, 0) is 18.1 Å². The molecule has 1 aromatic carbocycles. The lowest BCUT2D eigenvalue weighted by atomic mass is 10.1. The van der Waals surface area contributed by atoms with E-state index in [2.05, 4.69) is 22.9 Å². The van der Waals surface area contributed by atoms with Gasteiger partial charge in [-0.15, -0.1) is 0 Å². The zero-order valence-corrected chi connectivity index (χ0v) is 10.5. The van der Waals surface area contributed by atoms with Crippen LogP contribution in [0.3, 0.4) is 0 Å². The van der Waals surface area contributed by atoms with E-state index in [1.165, 1.54) is 0 Å². The van der Waals surface area contributed by atoms with E-state index in [0.29, 0.717) is 19.6 Å². The molecule has 0 radical (unpaired) electrons. The highest BCUT2D eigenvalue weighted by atomic mass is 79.9. The summed E-state index contributed by atoms with van der Waals surface area (Å²) in [6, 6.07) is 7.93. The molecule has 0 saturated heterocycles. The Bertz CT molecular complexity index is 289. The molecule has 84 valence electrons. The molecule has 2 nitrogen and oxygen atoms in total. The van der Waals surface area contributed by atoms with Crippen molar-refractivity contribution in [2.24, 2.45) is 0 Å². The van der Waals surface area contributed by atoms with Gasteiger partial charge in [-0.2, -0.15) is 0 Å². The summed E-state index contributed by atoms with van der Waals surface area (Å²) in [5.41, 5.74) is 1.12. The van der Waals surface area contributed by atoms with Crippen LogP contribution in [0, 0.1) is 0 Å². The molecular weight excluding hydrogens is 256 g/mol. The third kappa shape index (κ3) is 4.78. The molecule has 0 spiro atoms. The van der Waals surface area contributed by atoms with Crippen molar-refractivity contribution in [1.82, 2.24) is 0 Å². The summed E-state index contributed by atoms with van der Waals surface area (Å²) in [5, 5.41) is 9.71. The molecule has 0 aliphatic carbocycles. The molecule has 0 amide bonds.